The smallest absolute Gasteiger partial charge is 0.323 e. The van der Waals surface area contributed by atoms with E-state index in [1.807, 2.05) is 0 Å². The molecule has 0 fully saturated rings. The number of thiol groups is 1. The third-order valence-corrected chi connectivity index (χ3v) is 2.32. The van der Waals surface area contributed by atoms with E-state index < -0.39 is 23.6 Å². The lowest BCUT2D eigenvalue weighted by molar-refractivity contribution is -0.140. The van der Waals surface area contributed by atoms with Gasteiger partial charge in [0.1, 0.15) is 5.82 Å². The molecule has 6 heteroatoms. The van der Waals surface area contributed by atoms with Crippen molar-refractivity contribution >= 4 is 12.6 Å². The van der Waals surface area contributed by atoms with Crippen molar-refractivity contribution in [3.05, 3.63) is 35.1 Å². The van der Waals surface area contributed by atoms with Crippen molar-refractivity contribution in [2.24, 2.45) is 5.73 Å². The van der Waals surface area contributed by atoms with Crippen molar-refractivity contribution in [1.82, 2.24) is 0 Å². The Kier molecular flexibility index (Phi) is 3.62. The second-order valence-corrected chi connectivity index (χ2v) is 3.39. The van der Waals surface area contributed by atoms with Gasteiger partial charge in [0.2, 0.25) is 0 Å². The zero-order valence-electron chi connectivity index (χ0n) is 7.55. The summed E-state index contributed by atoms with van der Waals surface area (Å²) in [5.41, 5.74) is 4.52. The lowest BCUT2D eigenvalue weighted by Gasteiger charge is -2.12. The van der Waals surface area contributed by atoms with Crippen molar-refractivity contribution in [3.8, 4) is 0 Å². The number of benzene rings is 1. The van der Waals surface area contributed by atoms with E-state index in [0.29, 0.717) is 11.6 Å². The van der Waals surface area contributed by atoms with Crippen LogP contribution in [0.5, 0.6) is 0 Å². The molecule has 0 amide bonds. The average molecular weight is 239 g/mol. The SMILES string of the molecule is NC(CS)c1ccc(C(F)(F)F)c(F)c1. The zero-order valence-corrected chi connectivity index (χ0v) is 8.45. The summed E-state index contributed by atoms with van der Waals surface area (Å²) >= 11 is 3.87. The molecule has 1 unspecified atom stereocenters. The summed E-state index contributed by atoms with van der Waals surface area (Å²) in [5.74, 6) is -1.07. The van der Waals surface area contributed by atoms with Crippen LogP contribution in [-0.2, 0) is 6.18 Å². The van der Waals surface area contributed by atoms with Gasteiger partial charge in [0.15, 0.2) is 0 Å². The van der Waals surface area contributed by atoms with Crippen molar-refractivity contribution in [2.45, 2.75) is 12.2 Å². The van der Waals surface area contributed by atoms with Gasteiger partial charge in [0, 0.05) is 11.8 Å². The number of halogens is 4. The average Bonchev–Trinajstić information content (AvgIpc) is 2.14. The van der Waals surface area contributed by atoms with Crippen LogP contribution in [0, 0.1) is 5.82 Å². The first-order valence-corrected chi connectivity index (χ1v) is 4.72. The number of rotatable bonds is 2. The third-order valence-electron chi connectivity index (χ3n) is 1.92. The summed E-state index contributed by atoms with van der Waals surface area (Å²) in [6, 6.07) is 2.08. The summed E-state index contributed by atoms with van der Waals surface area (Å²) in [4.78, 5) is 0. The second-order valence-electron chi connectivity index (χ2n) is 3.03. The highest BCUT2D eigenvalue weighted by atomic mass is 32.1. The van der Waals surface area contributed by atoms with E-state index in [4.69, 9.17) is 5.73 Å². The van der Waals surface area contributed by atoms with Gasteiger partial charge in [-0.1, -0.05) is 6.07 Å². The molecule has 1 atom stereocenters. The largest absolute Gasteiger partial charge is 0.419 e. The minimum atomic E-state index is -4.67. The number of hydrogen-bond donors (Lipinski definition) is 2. The van der Waals surface area contributed by atoms with Crippen LogP contribution >= 0.6 is 12.6 Å². The highest BCUT2D eigenvalue weighted by molar-refractivity contribution is 7.80. The highest BCUT2D eigenvalue weighted by Crippen LogP contribution is 2.32. The molecule has 0 aliphatic carbocycles. The number of hydrogen-bond acceptors (Lipinski definition) is 2. The van der Waals surface area contributed by atoms with Gasteiger partial charge >= 0.3 is 6.18 Å². The Morgan fingerprint density at radius 2 is 1.93 bits per heavy atom. The molecule has 1 nitrogen and oxygen atoms in total. The first-order valence-electron chi connectivity index (χ1n) is 4.09. The second kappa shape index (κ2) is 4.40. The van der Waals surface area contributed by atoms with E-state index in [0.717, 1.165) is 12.1 Å². The Morgan fingerprint density at radius 3 is 2.33 bits per heavy atom. The normalized spacial score (nSPS) is 14.0. The number of alkyl halides is 3. The first-order chi connectivity index (χ1) is 6.86. The maximum Gasteiger partial charge on any atom is 0.419 e. The topological polar surface area (TPSA) is 26.0 Å². The molecule has 1 aromatic carbocycles. The predicted molar refractivity (Wildman–Crippen MR) is 52.2 cm³/mol. The molecule has 0 saturated carbocycles. The van der Waals surface area contributed by atoms with Crippen LogP contribution in [0.2, 0.25) is 0 Å². The van der Waals surface area contributed by atoms with Crippen LogP contribution in [0.3, 0.4) is 0 Å². The molecule has 2 N–H and O–H groups in total. The van der Waals surface area contributed by atoms with Crippen LogP contribution in [0.25, 0.3) is 0 Å². The molecule has 84 valence electrons. The molecule has 0 radical (unpaired) electrons. The molecule has 1 aromatic rings. The highest BCUT2D eigenvalue weighted by Gasteiger charge is 2.34. The summed E-state index contributed by atoms with van der Waals surface area (Å²) in [5, 5.41) is 0. The van der Waals surface area contributed by atoms with Gasteiger partial charge in [-0.15, -0.1) is 0 Å². The molecular weight excluding hydrogens is 230 g/mol. The molecule has 0 aromatic heterocycles. The molecule has 15 heavy (non-hydrogen) atoms. The van der Waals surface area contributed by atoms with E-state index in [9.17, 15) is 17.6 Å². The van der Waals surface area contributed by atoms with Crippen LogP contribution in [0.4, 0.5) is 17.6 Å². The van der Waals surface area contributed by atoms with Crippen LogP contribution in [-0.4, -0.2) is 5.75 Å². The minimum Gasteiger partial charge on any atom is -0.323 e. The predicted octanol–water partition coefficient (Wildman–Crippen LogP) is 2.77. The Morgan fingerprint density at radius 1 is 1.33 bits per heavy atom. The van der Waals surface area contributed by atoms with Crippen LogP contribution in [0.15, 0.2) is 18.2 Å². The number of nitrogens with two attached hydrogens (primary N) is 1. The van der Waals surface area contributed by atoms with Crippen molar-refractivity contribution in [2.75, 3.05) is 5.75 Å². The molecule has 0 saturated heterocycles. The Labute approximate surface area is 89.7 Å². The molecule has 0 aliphatic heterocycles. The molecule has 0 spiro atoms. The van der Waals surface area contributed by atoms with Gasteiger partial charge in [-0.05, 0) is 17.7 Å². The first kappa shape index (κ1) is 12.3. The fourth-order valence-corrected chi connectivity index (χ4v) is 1.31. The van der Waals surface area contributed by atoms with Gasteiger partial charge in [0.25, 0.3) is 0 Å². The van der Waals surface area contributed by atoms with E-state index >= 15 is 0 Å². The van der Waals surface area contributed by atoms with E-state index in [2.05, 4.69) is 12.6 Å². The van der Waals surface area contributed by atoms with E-state index in [1.54, 1.807) is 0 Å². The van der Waals surface area contributed by atoms with Crippen LogP contribution < -0.4 is 5.73 Å². The summed E-state index contributed by atoms with van der Waals surface area (Å²) in [6.45, 7) is 0. The summed E-state index contributed by atoms with van der Waals surface area (Å²) in [7, 11) is 0. The monoisotopic (exact) mass is 239 g/mol. The van der Waals surface area contributed by atoms with E-state index in [1.165, 1.54) is 0 Å². The van der Waals surface area contributed by atoms with Gasteiger partial charge < -0.3 is 5.73 Å². The third kappa shape index (κ3) is 2.85. The minimum absolute atomic E-state index is 0.241. The lowest BCUT2D eigenvalue weighted by Crippen LogP contribution is -2.14. The Bertz CT molecular complexity index is 350. The Balaban J connectivity index is 3.09. The van der Waals surface area contributed by atoms with Gasteiger partial charge in [-0.3, -0.25) is 0 Å². The Hall–Kier alpha value is -0.750. The molecule has 1 rings (SSSR count). The van der Waals surface area contributed by atoms with E-state index in [-0.39, 0.29) is 5.75 Å². The van der Waals surface area contributed by atoms with Gasteiger partial charge in [-0.25, -0.2) is 4.39 Å². The molecular formula is C9H9F4NS. The molecule has 0 bridgehead atoms. The molecule has 0 heterocycles. The zero-order chi connectivity index (χ0) is 11.6. The van der Waals surface area contributed by atoms with Crippen LogP contribution in [0.1, 0.15) is 17.2 Å². The molecule has 0 aliphatic rings. The van der Waals surface area contributed by atoms with Crippen molar-refractivity contribution < 1.29 is 17.6 Å². The standard InChI is InChI=1S/C9H9F4NS/c10-7-3-5(8(14)4-15)1-2-6(7)9(11,12)13/h1-3,8,15H,4,14H2. The lowest BCUT2D eigenvalue weighted by atomic mass is 10.1. The quantitative estimate of drug-likeness (QED) is 0.602. The maximum absolute atomic E-state index is 13.0. The van der Waals surface area contributed by atoms with Crippen molar-refractivity contribution in [1.29, 1.82) is 0 Å². The summed E-state index contributed by atoms with van der Waals surface area (Å²) in [6.07, 6.45) is -4.67. The van der Waals surface area contributed by atoms with Gasteiger partial charge in [-0.2, -0.15) is 25.8 Å². The summed E-state index contributed by atoms with van der Waals surface area (Å²) < 4.78 is 49.6. The van der Waals surface area contributed by atoms with Gasteiger partial charge in [0.05, 0.1) is 5.56 Å². The van der Waals surface area contributed by atoms with Crippen molar-refractivity contribution in [3.63, 3.8) is 0 Å². The fourth-order valence-electron chi connectivity index (χ4n) is 1.10. The maximum atomic E-state index is 13.0. The fraction of sp³-hybridized carbons (Fsp3) is 0.333.